The summed E-state index contributed by atoms with van der Waals surface area (Å²) in [6.07, 6.45) is 0.885. The molecule has 0 saturated carbocycles. The molecule has 3 aromatic rings. The lowest BCUT2D eigenvalue weighted by Gasteiger charge is -2.29. The van der Waals surface area contributed by atoms with Crippen LogP contribution >= 0.6 is 34.3 Å². The highest BCUT2D eigenvalue weighted by atomic mass is 35.5. The highest BCUT2D eigenvalue weighted by molar-refractivity contribution is 7.91. The SMILES string of the molecule is COc1ccc(-c2csc(NC(=O)C3CCN(S(=O)(=O)c4ccc(Cl)s4)CC3)n2)cc1OC. The second-order valence-corrected chi connectivity index (χ2v) is 12.1. The van der Waals surface area contributed by atoms with Crippen LogP contribution in [0.3, 0.4) is 0 Å². The second kappa shape index (κ2) is 9.98. The van der Waals surface area contributed by atoms with Gasteiger partial charge in [0.05, 0.1) is 24.2 Å². The number of halogens is 1. The van der Waals surface area contributed by atoms with Gasteiger partial charge in [0.1, 0.15) is 4.21 Å². The molecule has 0 aliphatic carbocycles. The van der Waals surface area contributed by atoms with Crippen LogP contribution in [-0.4, -0.2) is 50.9 Å². The molecule has 176 valence electrons. The first-order chi connectivity index (χ1) is 15.8. The molecule has 0 bridgehead atoms. The van der Waals surface area contributed by atoms with Crippen molar-refractivity contribution in [1.82, 2.24) is 9.29 Å². The summed E-state index contributed by atoms with van der Waals surface area (Å²) < 4.78 is 38.2. The van der Waals surface area contributed by atoms with Gasteiger partial charge in [0.2, 0.25) is 5.91 Å². The minimum absolute atomic E-state index is 0.153. The van der Waals surface area contributed by atoms with Crippen molar-refractivity contribution in [3.8, 4) is 22.8 Å². The van der Waals surface area contributed by atoms with Crippen LogP contribution in [-0.2, 0) is 14.8 Å². The number of hydrogen-bond donors (Lipinski definition) is 1. The third kappa shape index (κ3) is 5.17. The van der Waals surface area contributed by atoms with Gasteiger partial charge in [-0.15, -0.1) is 22.7 Å². The molecule has 3 heterocycles. The number of amides is 1. The van der Waals surface area contributed by atoms with Gasteiger partial charge in [0, 0.05) is 30.0 Å². The van der Waals surface area contributed by atoms with Crippen molar-refractivity contribution in [2.75, 3.05) is 32.6 Å². The first-order valence-electron chi connectivity index (χ1n) is 10.1. The minimum atomic E-state index is -3.58. The van der Waals surface area contributed by atoms with Crippen LogP contribution in [0.25, 0.3) is 11.3 Å². The van der Waals surface area contributed by atoms with Crippen molar-refractivity contribution in [2.45, 2.75) is 17.1 Å². The Morgan fingerprint density at radius 2 is 1.88 bits per heavy atom. The van der Waals surface area contributed by atoms with Crippen LogP contribution in [0, 0.1) is 5.92 Å². The van der Waals surface area contributed by atoms with E-state index in [0.717, 1.165) is 16.9 Å². The molecular weight excluding hydrogens is 506 g/mol. The number of sulfonamides is 1. The van der Waals surface area contributed by atoms with Gasteiger partial charge in [0.25, 0.3) is 10.0 Å². The molecule has 1 aromatic carbocycles. The summed E-state index contributed by atoms with van der Waals surface area (Å²) >= 11 is 8.25. The van der Waals surface area contributed by atoms with Gasteiger partial charge in [-0.3, -0.25) is 4.79 Å². The van der Waals surface area contributed by atoms with Crippen molar-refractivity contribution in [2.24, 2.45) is 5.92 Å². The average molecular weight is 528 g/mol. The lowest BCUT2D eigenvalue weighted by atomic mass is 9.97. The van der Waals surface area contributed by atoms with E-state index in [1.807, 2.05) is 17.5 Å². The van der Waals surface area contributed by atoms with E-state index in [0.29, 0.717) is 39.5 Å². The van der Waals surface area contributed by atoms with Crippen LogP contribution in [0.5, 0.6) is 11.5 Å². The number of methoxy groups -OCH3 is 2. The van der Waals surface area contributed by atoms with Crippen molar-refractivity contribution in [3.05, 3.63) is 40.0 Å². The van der Waals surface area contributed by atoms with Crippen molar-refractivity contribution >= 4 is 55.3 Å². The normalized spacial score (nSPS) is 15.4. The number of anilines is 1. The standard InChI is InChI=1S/C21H22ClN3O5S3/c1-29-16-4-3-14(11-17(16)30-2)15-12-31-21(23-15)24-20(26)13-7-9-25(10-8-13)33(27,28)19-6-5-18(22)32-19/h3-6,11-13H,7-10H2,1-2H3,(H,23,24,26). The molecule has 1 N–H and O–H groups in total. The number of nitrogens with zero attached hydrogens (tertiary/aromatic N) is 2. The number of carbonyl (C=O) groups excluding carboxylic acids is 1. The Labute approximate surface area is 205 Å². The number of carbonyl (C=O) groups is 1. The molecule has 1 fully saturated rings. The zero-order valence-electron chi connectivity index (χ0n) is 17.9. The summed E-state index contributed by atoms with van der Waals surface area (Å²) in [6, 6.07) is 8.59. The zero-order valence-corrected chi connectivity index (χ0v) is 21.1. The number of thiazole rings is 1. The molecule has 0 unspecified atom stereocenters. The Morgan fingerprint density at radius 1 is 1.15 bits per heavy atom. The Hall–Kier alpha value is -2.18. The maximum atomic E-state index is 12.8. The van der Waals surface area contributed by atoms with Crippen molar-refractivity contribution in [3.63, 3.8) is 0 Å². The monoisotopic (exact) mass is 527 g/mol. The van der Waals surface area contributed by atoms with Crippen molar-refractivity contribution in [1.29, 1.82) is 0 Å². The number of nitrogens with one attached hydrogen (secondary N) is 1. The number of ether oxygens (including phenoxy) is 2. The van der Waals surface area contributed by atoms with Gasteiger partial charge in [0.15, 0.2) is 16.6 Å². The summed E-state index contributed by atoms with van der Waals surface area (Å²) in [5, 5.41) is 5.22. The molecule has 1 aliphatic rings. The average Bonchev–Trinajstić information content (AvgIpc) is 3.48. The van der Waals surface area contributed by atoms with E-state index in [1.165, 1.54) is 21.7 Å². The fourth-order valence-electron chi connectivity index (χ4n) is 3.59. The lowest BCUT2D eigenvalue weighted by molar-refractivity contribution is -0.120. The Balaban J connectivity index is 1.37. The first-order valence-corrected chi connectivity index (χ1v) is 13.6. The Morgan fingerprint density at radius 3 is 2.52 bits per heavy atom. The molecule has 33 heavy (non-hydrogen) atoms. The highest BCUT2D eigenvalue weighted by Gasteiger charge is 2.33. The molecule has 0 spiro atoms. The van der Waals surface area contributed by atoms with Gasteiger partial charge in [-0.25, -0.2) is 13.4 Å². The second-order valence-electron chi connectivity index (χ2n) is 7.33. The predicted octanol–water partition coefficient (Wildman–Crippen LogP) is 4.58. The summed E-state index contributed by atoms with van der Waals surface area (Å²) in [7, 11) is -0.436. The van der Waals surface area contributed by atoms with E-state index >= 15 is 0 Å². The van der Waals surface area contributed by atoms with Gasteiger partial charge in [-0.2, -0.15) is 4.31 Å². The molecule has 1 saturated heterocycles. The summed E-state index contributed by atoms with van der Waals surface area (Å²) in [4.78, 5) is 17.3. The van der Waals surface area contributed by atoms with Crippen LogP contribution < -0.4 is 14.8 Å². The molecular formula is C21H22ClN3O5S3. The highest BCUT2D eigenvalue weighted by Crippen LogP contribution is 2.34. The maximum absolute atomic E-state index is 12.8. The Bertz CT molecular complexity index is 1250. The van der Waals surface area contributed by atoms with Crippen LogP contribution in [0.1, 0.15) is 12.8 Å². The molecule has 1 amide bonds. The molecule has 12 heteroatoms. The number of piperidine rings is 1. The number of aromatic nitrogens is 1. The quantitative estimate of drug-likeness (QED) is 0.483. The van der Waals surface area contributed by atoms with Gasteiger partial charge in [-0.1, -0.05) is 11.6 Å². The third-order valence-corrected chi connectivity index (χ3v) is 9.74. The number of benzene rings is 1. The summed E-state index contributed by atoms with van der Waals surface area (Å²) in [5.41, 5.74) is 1.56. The molecule has 2 aromatic heterocycles. The molecule has 8 nitrogen and oxygen atoms in total. The van der Waals surface area contributed by atoms with E-state index in [-0.39, 0.29) is 29.1 Å². The first kappa shape index (κ1) is 24.0. The lowest BCUT2D eigenvalue weighted by Crippen LogP contribution is -2.41. The fraction of sp³-hybridized carbons (Fsp3) is 0.333. The van der Waals surface area contributed by atoms with Crippen LogP contribution in [0.15, 0.2) is 39.9 Å². The Kier molecular flexibility index (Phi) is 7.25. The van der Waals surface area contributed by atoms with E-state index in [2.05, 4.69) is 10.3 Å². The molecule has 0 radical (unpaired) electrons. The predicted molar refractivity (Wildman–Crippen MR) is 130 cm³/mol. The zero-order chi connectivity index (χ0) is 23.6. The van der Waals surface area contributed by atoms with E-state index < -0.39 is 10.0 Å². The molecule has 1 aliphatic heterocycles. The van der Waals surface area contributed by atoms with Gasteiger partial charge >= 0.3 is 0 Å². The molecule has 4 rings (SSSR count). The van der Waals surface area contributed by atoms with E-state index in [4.69, 9.17) is 21.1 Å². The number of thiophene rings is 1. The van der Waals surface area contributed by atoms with Gasteiger partial charge < -0.3 is 14.8 Å². The summed E-state index contributed by atoms with van der Waals surface area (Å²) in [6.45, 7) is 0.565. The minimum Gasteiger partial charge on any atom is -0.493 e. The molecule has 0 atom stereocenters. The van der Waals surface area contributed by atoms with Gasteiger partial charge in [-0.05, 0) is 43.2 Å². The van der Waals surface area contributed by atoms with Crippen LogP contribution in [0.2, 0.25) is 4.34 Å². The number of hydrogen-bond acceptors (Lipinski definition) is 8. The summed E-state index contributed by atoms with van der Waals surface area (Å²) in [5.74, 6) is 0.789. The third-order valence-electron chi connectivity index (χ3n) is 5.38. The van der Waals surface area contributed by atoms with E-state index in [9.17, 15) is 13.2 Å². The van der Waals surface area contributed by atoms with Crippen molar-refractivity contribution < 1.29 is 22.7 Å². The van der Waals surface area contributed by atoms with Crippen LogP contribution in [0.4, 0.5) is 5.13 Å². The topological polar surface area (TPSA) is 97.8 Å². The smallest absolute Gasteiger partial charge is 0.252 e. The van der Waals surface area contributed by atoms with E-state index in [1.54, 1.807) is 26.4 Å². The maximum Gasteiger partial charge on any atom is 0.252 e. The largest absolute Gasteiger partial charge is 0.493 e. The fourth-order valence-corrected chi connectivity index (χ4v) is 7.42. The number of rotatable bonds is 7.